The van der Waals surface area contributed by atoms with Gasteiger partial charge in [-0.1, -0.05) is 11.6 Å². The largest absolute Gasteiger partial charge is 0.481 e. The van der Waals surface area contributed by atoms with Crippen molar-refractivity contribution < 1.29 is 24.2 Å². The summed E-state index contributed by atoms with van der Waals surface area (Å²) in [6, 6.07) is 5.07. The van der Waals surface area contributed by atoms with E-state index >= 15 is 0 Å². The fourth-order valence-electron chi connectivity index (χ4n) is 1.90. The summed E-state index contributed by atoms with van der Waals surface area (Å²) in [5.41, 5.74) is 0.468. The van der Waals surface area contributed by atoms with Gasteiger partial charge in [-0.05, 0) is 25.1 Å². The molecule has 0 spiro atoms. The Morgan fingerprint density at radius 1 is 1.29 bits per heavy atom. The maximum Gasteiger partial charge on any atom is 0.332 e. The van der Waals surface area contributed by atoms with E-state index in [2.05, 4.69) is 0 Å². The first-order chi connectivity index (χ1) is 9.88. The van der Waals surface area contributed by atoms with Gasteiger partial charge in [0.05, 0.1) is 17.4 Å². The van der Waals surface area contributed by atoms with Gasteiger partial charge in [0.15, 0.2) is 5.43 Å². The molecule has 0 amide bonds. The van der Waals surface area contributed by atoms with Crippen molar-refractivity contribution in [2.24, 2.45) is 0 Å². The van der Waals surface area contributed by atoms with Gasteiger partial charge in [-0.25, -0.2) is 4.79 Å². The topological polar surface area (TPSA) is 105 Å². The molecule has 0 aliphatic heterocycles. The number of carbonyl (C=O) groups is 2. The molecule has 0 radical (unpaired) electrons. The lowest BCUT2D eigenvalue weighted by atomic mass is 10.1. The standard InChI is InChI=1S/C15H12O6/c1-8-2-3-12-11(4-8)14(18)10(7-21-12)5-9(15(19)20)6-13(16)17/h2-5,7H,6H2,1H3,(H,16,17)(H,19,20)/b9-5+. The Labute approximate surface area is 118 Å². The van der Waals surface area contributed by atoms with E-state index in [0.29, 0.717) is 11.0 Å². The number of carboxylic acids is 2. The summed E-state index contributed by atoms with van der Waals surface area (Å²) in [5.74, 6) is -2.68. The van der Waals surface area contributed by atoms with E-state index in [1.54, 1.807) is 18.2 Å². The second-order valence-electron chi connectivity index (χ2n) is 4.57. The highest BCUT2D eigenvalue weighted by atomic mass is 16.4. The van der Waals surface area contributed by atoms with Gasteiger partial charge in [0.1, 0.15) is 11.8 Å². The second kappa shape index (κ2) is 5.62. The van der Waals surface area contributed by atoms with Crippen LogP contribution in [-0.2, 0) is 9.59 Å². The molecule has 21 heavy (non-hydrogen) atoms. The highest BCUT2D eigenvalue weighted by molar-refractivity contribution is 5.97. The predicted octanol–water partition coefficient (Wildman–Crippen LogP) is 2.04. The molecule has 0 aliphatic rings. The smallest absolute Gasteiger partial charge is 0.332 e. The monoisotopic (exact) mass is 288 g/mol. The van der Waals surface area contributed by atoms with Gasteiger partial charge < -0.3 is 14.6 Å². The Morgan fingerprint density at radius 3 is 2.62 bits per heavy atom. The second-order valence-corrected chi connectivity index (χ2v) is 4.57. The minimum absolute atomic E-state index is 0.00625. The zero-order valence-corrected chi connectivity index (χ0v) is 11.1. The highest BCUT2D eigenvalue weighted by Gasteiger charge is 2.14. The van der Waals surface area contributed by atoms with Crippen LogP contribution in [0.5, 0.6) is 0 Å². The van der Waals surface area contributed by atoms with E-state index < -0.39 is 23.8 Å². The molecule has 1 heterocycles. The van der Waals surface area contributed by atoms with Crippen molar-refractivity contribution in [1.29, 1.82) is 0 Å². The maximum atomic E-state index is 12.3. The maximum absolute atomic E-state index is 12.3. The molecule has 1 aromatic heterocycles. The molecule has 0 saturated carbocycles. The molecule has 0 unspecified atom stereocenters. The fraction of sp³-hybridized carbons (Fsp3) is 0.133. The summed E-state index contributed by atoms with van der Waals surface area (Å²) in [7, 11) is 0. The van der Waals surface area contributed by atoms with Gasteiger partial charge in [-0.3, -0.25) is 9.59 Å². The Morgan fingerprint density at radius 2 is 2.00 bits per heavy atom. The van der Waals surface area contributed by atoms with Gasteiger partial charge in [0.2, 0.25) is 0 Å². The summed E-state index contributed by atoms with van der Waals surface area (Å²) in [4.78, 5) is 33.9. The number of benzene rings is 1. The molecule has 2 rings (SSSR count). The number of aryl methyl sites for hydroxylation is 1. The third-order valence-corrected chi connectivity index (χ3v) is 2.90. The van der Waals surface area contributed by atoms with Gasteiger partial charge in [0.25, 0.3) is 0 Å². The van der Waals surface area contributed by atoms with E-state index in [0.717, 1.165) is 17.9 Å². The first kappa shape index (κ1) is 14.5. The van der Waals surface area contributed by atoms with Crippen molar-refractivity contribution in [3.05, 3.63) is 51.4 Å². The minimum atomic E-state index is -1.39. The average molecular weight is 288 g/mol. The molecule has 0 bridgehead atoms. The molecule has 0 aliphatic carbocycles. The quantitative estimate of drug-likeness (QED) is 0.834. The molecule has 0 saturated heterocycles. The van der Waals surface area contributed by atoms with Gasteiger partial charge >= 0.3 is 11.9 Å². The number of fused-ring (bicyclic) bond motifs is 1. The Kier molecular flexibility index (Phi) is 3.89. The van der Waals surface area contributed by atoms with Crippen LogP contribution in [0.25, 0.3) is 17.0 Å². The number of carboxylic acid groups (broad SMARTS) is 2. The van der Waals surface area contributed by atoms with Gasteiger partial charge in [-0.15, -0.1) is 0 Å². The Bertz CT molecular complexity index is 813. The average Bonchev–Trinajstić information content (AvgIpc) is 2.41. The minimum Gasteiger partial charge on any atom is -0.481 e. The van der Waals surface area contributed by atoms with E-state index in [-0.39, 0.29) is 11.1 Å². The summed E-state index contributed by atoms with van der Waals surface area (Å²) in [5, 5.41) is 18.0. The molecule has 2 aromatic rings. The number of aliphatic carboxylic acids is 2. The number of rotatable bonds is 4. The normalized spacial score (nSPS) is 11.6. The van der Waals surface area contributed by atoms with Gasteiger partial charge in [-0.2, -0.15) is 0 Å². The molecule has 2 N–H and O–H groups in total. The Balaban J connectivity index is 2.61. The first-order valence-electron chi connectivity index (χ1n) is 6.06. The fourth-order valence-corrected chi connectivity index (χ4v) is 1.90. The molecule has 1 aromatic carbocycles. The molecular formula is C15H12O6. The van der Waals surface area contributed by atoms with Crippen molar-refractivity contribution in [2.45, 2.75) is 13.3 Å². The van der Waals surface area contributed by atoms with Crippen LogP contribution in [0.4, 0.5) is 0 Å². The van der Waals surface area contributed by atoms with E-state index in [4.69, 9.17) is 14.6 Å². The molecular weight excluding hydrogens is 276 g/mol. The van der Waals surface area contributed by atoms with Crippen LogP contribution in [0.3, 0.4) is 0 Å². The first-order valence-corrected chi connectivity index (χ1v) is 6.06. The van der Waals surface area contributed by atoms with Crippen molar-refractivity contribution in [1.82, 2.24) is 0 Å². The lowest BCUT2D eigenvalue weighted by molar-refractivity contribution is -0.139. The Hall–Kier alpha value is -2.89. The van der Waals surface area contributed by atoms with Gasteiger partial charge in [0, 0.05) is 5.57 Å². The highest BCUT2D eigenvalue weighted by Crippen LogP contribution is 2.15. The predicted molar refractivity (Wildman–Crippen MR) is 75.1 cm³/mol. The number of hydrogen-bond donors (Lipinski definition) is 2. The molecule has 6 nitrogen and oxygen atoms in total. The van der Waals surface area contributed by atoms with E-state index in [1.165, 1.54) is 0 Å². The van der Waals surface area contributed by atoms with Crippen molar-refractivity contribution in [3.8, 4) is 0 Å². The summed E-state index contributed by atoms with van der Waals surface area (Å²) < 4.78 is 5.28. The van der Waals surface area contributed by atoms with Crippen LogP contribution in [0.1, 0.15) is 17.5 Å². The van der Waals surface area contributed by atoms with Crippen LogP contribution in [0.2, 0.25) is 0 Å². The lowest BCUT2D eigenvalue weighted by Gasteiger charge is -2.02. The molecule has 0 atom stereocenters. The summed E-state index contributed by atoms with van der Waals surface area (Å²) in [6.45, 7) is 1.81. The van der Waals surface area contributed by atoms with Crippen LogP contribution in [0, 0.1) is 6.92 Å². The summed E-state index contributed by atoms with van der Waals surface area (Å²) in [6.07, 6.45) is 1.48. The lowest BCUT2D eigenvalue weighted by Crippen LogP contribution is -2.10. The van der Waals surface area contributed by atoms with Crippen LogP contribution < -0.4 is 5.43 Å². The zero-order chi connectivity index (χ0) is 15.6. The van der Waals surface area contributed by atoms with Crippen LogP contribution in [-0.4, -0.2) is 22.2 Å². The van der Waals surface area contributed by atoms with E-state index in [1.807, 2.05) is 6.92 Å². The van der Waals surface area contributed by atoms with Crippen molar-refractivity contribution in [3.63, 3.8) is 0 Å². The third kappa shape index (κ3) is 3.17. The molecule has 0 fully saturated rings. The van der Waals surface area contributed by atoms with Crippen molar-refractivity contribution >= 4 is 29.0 Å². The van der Waals surface area contributed by atoms with Crippen LogP contribution in [0.15, 0.2) is 39.2 Å². The molecule has 6 heteroatoms. The van der Waals surface area contributed by atoms with Crippen molar-refractivity contribution in [2.75, 3.05) is 0 Å². The third-order valence-electron chi connectivity index (χ3n) is 2.90. The SMILES string of the molecule is Cc1ccc2occ(/C=C(\CC(=O)O)C(=O)O)c(=O)c2c1. The van der Waals surface area contributed by atoms with E-state index in [9.17, 15) is 14.4 Å². The molecule has 108 valence electrons. The number of hydrogen-bond acceptors (Lipinski definition) is 4. The zero-order valence-electron chi connectivity index (χ0n) is 11.1. The van der Waals surface area contributed by atoms with Crippen LogP contribution >= 0.6 is 0 Å². The summed E-state index contributed by atoms with van der Waals surface area (Å²) >= 11 is 0.